The summed E-state index contributed by atoms with van der Waals surface area (Å²) in [4.78, 5) is 7.99. The Hall–Kier alpha value is -1.97. The van der Waals surface area contributed by atoms with Crippen molar-refractivity contribution >= 4 is 5.69 Å². The number of halogens is 1. The normalized spacial score (nSPS) is 10.1. The second-order valence-corrected chi connectivity index (χ2v) is 3.35. The highest BCUT2D eigenvalue weighted by Crippen LogP contribution is 2.19. The molecule has 0 unspecified atom stereocenters. The first-order valence-electron chi connectivity index (χ1n) is 5.10. The number of hydrogen-bond donors (Lipinski definition) is 1. The van der Waals surface area contributed by atoms with Gasteiger partial charge in [-0.3, -0.25) is 9.97 Å². The van der Waals surface area contributed by atoms with Crippen LogP contribution in [-0.4, -0.2) is 16.5 Å². The Labute approximate surface area is 93.4 Å². The van der Waals surface area contributed by atoms with E-state index in [-0.39, 0.29) is 5.82 Å². The quantitative estimate of drug-likeness (QED) is 0.859. The minimum Gasteiger partial charge on any atom is -0.385 e. The summed E-state index contributed by atoms with van der Waals surface area (Å²) in [5.74, 6) is -0.354. The first-order valence-corrected chi connectivity index (χ1v) is 5.10. The lowest BCUT2D eigenvalue weighted by Crippen LogP contribution is -1.97. The van der Waals surface area contributed by atoms with E-state index < -0.39 is 0 Å². The molecular formula is C12H12FN3. The van der Waals surface area contributed by atoms with Gasteiger partial charge in [-0.05, 0) is 25.1 Å². The van der Waals surface area contributed by atoms with Gasteiger partial charge in [-0.25, -0.2) is 4.39 Å². The third kappa shape index (κ3) is 2.34. The molecule has 3 nitrogen and oxygen atoms in total. The van der Waals surface area contributed by atoms with E-state index in [1.165, 1.54) is 12.3 Å². The number of aromatic nitrogens is 2. The Balaban J connectivity index is 2.36. The molecule has 0 saturated carbocycles. The van der Waals surface area contributed by atoms with E-state index in [4.69, 9.17) is 0 Å². The Morgan fingerprint density at radius 3 is 2.94 bits per heavy atom. The Morgan fingerprint density at radius 2 is 2.19 bits per heavy atom. The zero-order chi connectivity index (χ0) is 11.4. The molecule has 0 amide bonds. The van der Waals surface area contributed by atoms with Crippen molar-refractivity contribution in [1.82, 2.24) is 9.97 Å². The molecule has 1 N–H and O–H groups in total. The molecule has 0 aromatic carbocycles. The molecule has 0 fully saturated rings. The summed E-state index contributed by atoms with van der Waals surface area (Å²) in [6.45, 7) is 2.86. The summed E-state index contributed by atoms with van der Waals surface area (Å²) in [5, 5.41) is 3.18. The standard InChI is InChI=1S/C12H12FN3/c1-2-15-11-3-4-16-12(6-11)9-5-10(13)8-14-7-9/h3-8H,2H2,1H3,(H,15,16). The lowest BCUT2D eigenvalue weighted by molar-refractivity contribution is 0.622. The summed E-state index contributed by atoms with van der Waals surface area (Å²) in [6, 6.07) is 5.17. The highest BCUT2D eigenvalue weighted by Gasteiger charge is 2.02. The van der Waals surface area contributed by atoms with Gasteiger partial charge in [0.1, 0.15) is 5.82 Å². The molecule has 0 aliphatic heterocycles. The summed E-state index contributed by atoms with van der Waals surface area (Å²) < 4.78 is 13.0. The van der Waals surface area contributed by atoms with Crippen LogP contribution in [0, 0.1) is 5.82 Å². The van der Waals surface area contributed by atoms with Gasteiger partial charge in [-0.15, -0.1) is 0 Å². The van der Waals surface area contributed by atoms with Gasteiger partial charge in [-0.1, -0.05) is 0 Å². The third-order valence-corrected chi connectivity index (χ3v) is 2.14. The molecule has 2 aromatic rings. The van der Waals surface area contributed by atoms with Crippen molar-refractivity contribution in [3.8, 4) is 11.3 Å². The second kappa shape index (κ2) is 4.70. The minimum atomic E-state index is -0.354. The zero-order valence-electron chi connectivity index (χ0n) is 8.94. The monoisotopic (exact) mass is 217 g/mol. The average Bonchev–Trinajstić information content (AvgIpc) is 2.30. The Morgan fingerprint density at radius 1 is 1.31 bits per heavy atom. The molecule has 2 aromatic heterocycles. The van der Waals surface area contributed by atoms with Crippen molar-refractivity contribution in [2.45, 2.75) is 6.92 Å². The van der Waals surface area contributed by atoms with E-state index in [0.29, 0.717) is 11.3 Å². The van der Waals surface area contributed by atoms with E-state index in [1.54, 1.807) is 12.4 Å². The first-order chi connectivity index (χ1) is 7.79. The maximum Gasteiger partial charge on any atom is 0.142 e. The molecule has 0 spiro atoms. The molecule has 2 rings (SSSR count). The van der Waals surface area contributed by atoms with Crippen LogP contribution >= 0.6 is 0 Å². The van der Waals surface area contributed by atoms with Crippen LogP contribution in [0.25, 0.3) is 11.3 Å². The van der Waals surface area contributed by atoms with Crippen LogP contribution < -0.4 is 5.32 Å². The molecule has 0 saturated heterocycles. The van der Waals surface area contributed by atoms with Gasteiger partial charge in [0, 0.05) is 30.2 Å². The molecule has 82 valence electrons. The highest BCUT2D eigenvalue weighted by molar-refractivity contribution is 5.62. The summed E-state index contributed by atoms with van der Waals surface area (Å²) in [5.41, 5.74) is 2.36. The first kappa shape index (κ1) is 10.5. The number of nitrogens with zero attached hydrogens (tertiary/aromatic N) is 2. The molecule has 0 radical (unpaired) electrons. The Kier molecular flexibility index (Phi) is 3.10. The maximum atomic E-state index is 13.0. The SMILES string of the molecule is CCNc1ccnc(-c2cncc(F)c2)c1. The summed E-state index contributed by atoms with van der Waals surface area (Å²) in [6.07, 6.45) is 4.47. The van der Waals surface area contributed by atoms with Crippen molar-refractivity contribution in [3.05, 3.63) is 42.6 Å². The summed E-state index contributed by atoms with van der Waals surface area (Å²) in [7, 11) is 0. The van der Waals surface area contributed by atoms with Crippen molar-refractivity contribution in [3.63, 3.8) is 0 Å². The number of anilines is 1. The topological polar surface area (TPSA) is 37.8 Å². The van der Waals surface area contributed by atoms with E-state index in [2.05, 4.69) is 15.3 Å². The molecule has 0 bridgehead atoms. The molecule has 0 aliphatic carbocycles. The fraction of sp³-hybridized carbons (Fsp3) is 0.167. The predicted molar refractivity (Wildman–Crippen MR) is 61.6 cm³/mol. The predicted octanol–water partition coefficient (Wildman–Crippen LogP) is 2.71. The van der Waals surface area contributed by atoms with Gasteiger partial charge in [0.25, 0.3) is 0 Å². The number of hydrogen-bond acceptors (Lipinski definition) is 3. The van der Waals surface area contributed by atoms with E-state index in [9.17, 15) is 4.39 Å². The fourth-order valence-electron chi connectivity index (χ4n) is 1.45. The molecule has 0 atom stereocenters. The van der Waals surface area contributed by atoms with Crippen molar-refractivity contribution in [2.24, 2.45) is 0 Å². The van der Waals surface area contributed by atoms with Crippen molar-refractivity contribution < 1.29 is 4.39 Å². The second-order valence-electron chi connectivity index (χ2n) is 3.35. The number of nitrogens with one attached hydrogen (secondary N) is 1. The van der Waals surface area contributed by atoms with Gasteiger partial charge < -0.3 is 5.32 Å². The maximum absolute atomic E-state index is 13.0. The van der Waals surface area contributed by atoms with Gasteiger partial charge in [-0.2, -0.15) is 0 Å². The van der Waals surface area contributed by atoms with Crippen LogP contribution in [0.1, 0.15) is 6.92 Å². The molecule has 2 heterocycles. The lowest BCUT2D eigenvalue weighted by Gasteiger charge is -2.05. The Bertz CT molecular complexity index is 485. The lowest BCUT2D eigenvalue weighted by atomic mass is 10.2. The van der Waals surface area contributed by atoms with Crippen LogP contribution in [0.4, 0.5) is 10.1 Å². The summed E-state index contributed by atoms with van der Waals surface area (Å²) >= 11 is 0. The van der Waals surface area contributed by atoms with E-state index >= 15 is 0 Å². The van der Waals surface area contributed by atoms with Gasteiger partial charge in [0.2, 0.25) is 0 Å². The minimum absolute atomic E-state index is 0.354. The van der Waals surface area contributed by atoms with Crippen LogP contribution in [0.3, 0.4) is 0 Å². The molecular weight excluding hydrogens is 205 g/mol. The largest absolute Gasteiger partial charge is 0.385 e. The van der Waals surface area contributed by atoms with Crippen LogP contribution in [0.5, 0.6) is 0 Å². The van der Waals surface area contributed by atoms with Crippen LogP contribution in [0.15, 0.2) is 36.8 Å². The van der Waals surface area contributed by atoms with Crippen LogP contribution in [-0.2, 0) is 0 Å². The van der Waals surface area contributed by atoms with Crippen molar-refractivity contribution in [2.75, 3.05) is 11.9 Å². The molecule has 4 heteroatoms. The van der Waals surface area contributed by atoms with Crippen molar-refractivity contribution in [1.29, 1.82) is 0 Å². The van der Waals surface area contributed by atoms with Gasteiger partial charge >= 0.3 is 0 Å². The zero-order valence-corrected chi connectivity index (χ0v) is 8.94. The van der Waals surface area contributed by atoms with E-state index in [1.807, 2.05) is 19.1 Å². The number of pyridine rings is 2. The highest BCUT2D eigenvalue weighted by atomic mass is 19.1. The fourth-order valence-corrected chi connectivity index (χ4v) is 1.45. The van der Waals surface area contributed by atoms with Gasteiger partial charge in [0.15, 0.2) is 0 Å². The number of rotatable bonds is 3. The van der Waals surface area contributed by atoms with E-state index in [0.717, 1.165) is 12.2 Å². The van der Waals surface area contributed by atoms with Crippen LogP contribution in [0.2, 0.25) is 0 Å². The third-order valence-electron chi connectivity index (χ3n) is 2.14. The average molecular weight is 217 g/mol. The smallest absolute Gasteiger partial charge is 0.142 e. The molecule has 16 heavy (non-hydrogen) atoms. The van der Waals surface area contributed by atoms with Gasteiger partial charge in [0.05, 0.1) is 11.9 Å². The molecule has 0 aliphatic rings.